The van der Waals surface area contributed by atoms with Crippen molar-refractivity contribution in [2.45, 2.75) is 32.6 Å². The molecule has 3 aromatic rings. The van der Waals surface area contributed by atoms with Crippen LogP contribution in [0.25, 0.3) is 21.3 Å². The predicted molar refractivity (Wildman–Crippen MR) is 89.2 cm³/mol. The van der Waals surface area contributed by atoms with E-state index in [1.54, 1.807) is 11.3 Å². The number of halogens is 1. The molecule has 0 unspecified atom stereocenters. The van der Waals surface area contributed by atoms with Gasteiger partial charge in [-0.25, -0.2) is 9.97 Å². The average Bonchev–Trinajstić information content (AvgIpc) is 2.90. The van der Waals surface area contributed by atoms with Crippen molar-refractivity contribution in [3.8, 4) is 11.1 Å². The number of benzene rings is 1. The zero-order valence-electron chi connectivity index (χ0n) is 11.8. The van der Waals surface area contributed by atoms with Gasteiger partial charge in [-0.15, -0.1) is 11.3 Å². The van der Waals surface area contributed by atoms with Gasteiger partial charge in [-0.05, 0) is 49.3 Å². The summed E-state index contributed by atoms with van der Waals surface area (Å²) in [6.07, 6.45) is 5.01. The second-order valence-electron chi connectivity index (χ2n) is 5.58. The van der Waals surface area contributed by atoms with Crippen molar-refractivity contribution in [1.29, 1.82) is 0 Å². The molecule has 0 bridgehead atoms. The van der Waals surface area contributed by atoms with Crippen LogP contribution in [0.1, 0.15) is 29.8 Å². The van der Waals surface area contributed by atoms with Gasteiger partial charge in [0.1, 0.15) is 15.8 Å². The molecule has 2 aromatic heterocycles. The van der Waals surface area contributed by atoms with Gasteiger partial charge in [0.25, 0.3) is 0 Å². The van der Waals surface area contributed by atoms with Crippen molar-refractivity contribution in [2.75, 3.05) is 0 Å². The van der Waals surface area contributed by atoms with Gasteiger partial charge in [-0.1, -0.05) is 29.8 Å². The summed E-state index contributed by atoms with van der Waals surface area (Å²) >= 11 is 8.00. The molecular formula is C17H15ClN2S. The second-order valence-corrected chi connectivity index (χ2v) is 6.80. The summed E-state index contributed by atoms with van der Waals surface area (Å²) in [5, 5.41) is 3.70. The van der Waals surface area contributed by atoms with Crippen molar-refractivity contribution in [1.82, 2.24) is 9.97 Å². The minimum atomic E-state index is 0.562. The fourth-order valence-corrected chi connectivity index (χ4v) is 4.48. The number of hydrogen-bond donors (Lipinski definition) is 0. The Labute approximate surface area is 132 Å². The summed E-state index contributed by atoms with van der Waals surface area (Å²) in [5.74, 6) is 0.728. The molecule has 0 radical (unpaired) electrons. The average molecular weight is 315 g/mol. The first-order valence-corrected chi connectivity index (χ1v) is 8.51. The van der Waals surface area contributed by atoms with Crippen LogP contribution in [0.2, 0.25) is 5.15 Å². The van der Waals surface area contributed by atoms with Gasteiger partial charge >= 0.3 is 0 Å². The van der Waals surface area contributed by atoms with Gasteiger partial charge in [0.15, 0.2) is 0 Å². The molecule has 21 heavy (non-hydrogen) atoms. The third-order valence-corrected chi connectivity index (χ3v) is 5.31. The Balaban J connectivity index is 1.90. The summed E-state index contributed by atoms with van der Waals surface area (Å²) in [5.41, 5.74) is 5.38. The molecule has 0 saturated carbocycles. The zero-order chi connectivity index (χ0) is 14.4. The lowest BCUT2D eigenvalue weighted by Gasteiger charge is -2.16. The maximum absolute atomic E-state index is 6.36. The van der Waals surface area contributed by atoms with E-state index in [-0.39, 0.29) is 0 Å². The van der Waals surface area contributed by atoms with Crippen LogP contribution in [0.15, 0.2) is 23.6 Å². The van der Waals surface area contributed by atoms with Gasteiger partial charge < -0.3 is 0 Å². The van der Waals surface area contributed by atoms with Crippen LogP contribution in [0.3, 0.4) is 0 Å². The largest absolute Gasteiger partial charge is 0.222 e. The lowest BCUT2D eigenvalue weighted by molar-refractivity contribution is 0.686. The van der Waals surface area contributed by atoms with E-state index < -0.39 is 0 Å². The number of fused-ring (bicyclic) bond motifs is 2. The van der Waals surface area contributed by atoms with E-state index in [4.69, 9.17) is 11.6 Å². The molecule has 0 saturated heterocycles. The highest BCUT2D eigenvalue weighted by Gasteiger charge is 2.15. The minimum Gasteiger partial charge on any atom is -0.222 e. The highest BCUT2D eigenvalue weighted by atomic mass is 35.5. The first-order chi connectivity index (χ1) is 10.2. The third-order valence-electron chi connectivity index (χ3n) is 4.16. The second kappa shape index (κ2) is 5.08. The summed E-state index contributed by atoms with van der Waals surface area (Å²) in [6.45, 7) is 1.88. The predicted octanol–water partition coefficient (Wildman–Crippen LogP) is 5.20. The number of hydrogen-bond acceptors (Lipinski definition) is 3. The SMILES string of the molecule is Cc1nc(Cl)c2c(-c3ccc4c(c3)CCCC4)csc2n1. The van der Waals surface area contributed by atoms with Gasteiger partial charge in [0.2, 0.25) is 0 Å². The van der Waals surface area contributed by atoms with Gasteiger partial charge in [0.05, 0.1) is 5.39 Å². The molecule has 106 valence electrons. The molecule has 4 heteroatoms. The summed E-state index contributed by atoms with van der Waals surface area (Å²) in [6, 6.07) is 6.81. The molecule has 0 N–H and O–H groups in total. The molecule has 1 aliphatic carbocycles. The molecule has 0 atom stereocenters. The normalized spacial score (nSPS) is 14.4. The Kier molecular flexibility index (Phi) is 3.20. The Morgan fingerprint density at radius 2 is 1.90 bits per heavy atom. The van der Waals surface area contributed by atoms with Crippen molar-refractivity contribution in [2.24, 2.45) is 0 Å². The third kappa shape index (κ3) is 2.25. The molecule has 2 heterocycles. The zero-order valence-corrected chi connectivity index (χ0v) is 13.4. The number of aromatic nitrogens is 2. The standard InChI is InChI=1S/C17H15ClN2S/c1-10-19-16(18)15-14(9-21-17(15)20-10)13-7-6-11-4-2-3-5-12(11)8-13/h6-9H,2-5H2,1H3. The first kappa shape index (κ1) is 13.2. The first-order valence-electron chi connectivity index (χ1n) is 7.26. The quantitative estimate of drug-likeness (QED) is 0.577. The van der Waals surface area contributed by atoms with Gasteiger partial charge in [-0.2, -0.15) is 0 Å². The molecule has 2 nitrogen and oxygen atoms in total. The molecule has 1 aromatic carbocycles. The van der Waals surface area contributed by atoms with E-state index >= 15 is 0 Å². The lowest BCUT2D eigenvalue weighted by Crippen LogP contribution is -2.02. The number of aryl methyl sites for hydroxylation is 3. The van der Waals surface area contributed by atoms with Crippen LogP contribution in [0.5, 0.6) is 0 Å². The Hall–Kier alpha value is -1.45. The van der Waals surface area contributed by atoms with Crippen LogP contribution < -0.4 is 0 Å². The van der Waals surface area contributed by atoms with Crippen molar-refractivity contribution in [3.05, 3.63) is 45.7 Å². The van der Waals surface area contributed by atoms with Crippen molar-refractivity contribution in [3.63, 3.8) is 0 Å². The van der Waals surface area contributed by atoms with Crippen LogP contribution in [-0.2, 0) is 12.8 Å². The van der Waals surface area contributed by atoms with Crippen molar-refractivity contribution < 1.29 is 0 Å². The van der Waals surface area contributed by atoms with Crippen LogP contribution in [0, 0.1) is 6.92 Å². The Morgan fingerprint density at radius 1 is 1.10 bits per heavy atom. The summed E-state index contributed by atoms with van der Waals surface area (Å²) < 4.78 is 0. The minimum absolute atomic E-state index is 0.562. The highest BCUT2D eigenvalue weighted by molar-refractivity contribution is 7.17. The molecular weight excluding hydrogens is 300 g/mol. The lowest BCUT2D eigenvalue weighted by atomic mass is 9.89. The van der Waals surface area contributed by atoms with E-state index in [0.29, 0.717) is 5.15 Å². The van der Waals surface area contributed by atoms with E-state index in [2.05, 4.69) is 33.5 Å². The number of nitrogens with zero attached hydrogens (tertiary/aromatic N) is 2. The van der Waals surface area contributed by atoms with Crippen LogP contribution >= 0.6 is 22.9 Å². The van der Waals surface area contributed by atoms with Crippen LogP contribution in [0.4, 0.5) is 0 Å². The molecule has 0 spiro atoms. The smallest absolute Gasteiger partial charge is 0.142 e. The van der Waals surface area contributed by atoms with Crippen LogP contribution in [-0.4, -0.2) is 9.97 Å². The highest BCUT2D eigenvalue weighted by Crippen LogP contribution is 2.38. The molecule has 4 rings (SSSR count). The Bertz CT molecular complexity index is 838. The van der Waals surface area contributed by atoms with Gasteiger partial charge in [0, 0.05) is 10.9 Å². The van der Waals surface area contributed by atoms with Gasteiger partial charge in [-0.3, -0.25) is 0 Å². The number of rotatable bonds is 1. The fraction of sp³-hybridized carbons (Fsp3) is 0.294. The Morgan fingerprint density at radius 3 is 2.76 bits per heavy atom. The van der Waals surface area contributed by atoms with E-state index in [1.807, 2.05) is 6.92 Å². The maximum Gasteiger partial charge on any atom is 0.142 e. The van der Waals surface area contributed by atoms with E-state index in [0.717, 1.165) is 21.6 Å². The molecule has 1 aliphatic rings. The monoisotopic (exact) mass is 314 g/mol. The van der Waals surface area contributed by atoms with E-state index in [9.17, 15) is 0 Å². The topological polar surface area (TPSA) is 25.8 Å². The summed E-state index contributed by atoms with van der Waals surface area (Å²) in [4.78, 5) is 9.77. The van der Waals surface area contributed by atoms with Crippen molar-refractivity contribution >= 4 is 33.2 Å². The molecule has 0 fully saturated rings. The van der Waals surface area contributed by atoms with E-state index in [1.165, 1.54) is 42.4 Å². The maximum atomic E-state index is 6.36. The molecule has 0 aliphatic heterocycles. The number of thiophene rings is 1. The molecule has 0 amide bonds. The fourth-order valence-electron chi connectivity index (χ4n) is 3.11. The summed E-state index contributed by atoms with van der Waals surface area (Å²) in [7, 11) is 0.